The highest BCUT2D eigenvalue weighted by Crippen LogP contribution is 2.33. The van der Waals surface area contributed by atoms with Gasteiger partial charge in [-0.05, 0) is 63.1 Å². The zero-order valence-corrected chi connectivity index (χ0v) is 12.2. The highest BCUT2D eigenvalue weighted by Gasteiger charge is 2.25. The normalized spacial score (nSPS) is 23.7. The van der Waals surface area contributed by atoms with Gasteiger partial charge in [-0.2, -0.15) is 0 Å². The molecule has 0 radical (unpaired) electrons. The average Bonchev–Trinajstić information content (AvgIpc) is 2.29. The van der Waals surface area contributed by atoms with Crippen molar-refractivity contribution in [3.05, 3.63) is 34.4 Å². The Balaban J connectivity index is 2.38. The van der Waals surface area contributed by atoms with Crippen molar-refractivity contribution in [3.63, 3.8) is 0 Å². The minimum absolute atomic E-state index is 0.195. The van der Waals surface area contributed by atoms with Crippen LogP contribution in [-0.4, -0.2) is 5.60 Å². The first kappa shape index (κ1) is 13.6. The molecular formula is C16H24O2. The molecular weight excluding hydrogens is 224 g/mol. The van der Waals surface area contributed by atoms with Crippen LogP contribution in [0.5, 0.6) is 0 Å². The third kappa shape index (κ3) is 2.93. The molecule has 2 nitrogen and oxygen atoms in total. The van der Waals surface area contributed by atoms with E-state index in [1.54, 1.807) is 0 Å². The van der Waals surface area contributed by atoms with Crippen LogP contribution in [0, 0.1) is 13.8 Å². The lowest BCUT2D eigenvalue weighted by molar-refractivity contribution is -0.362. The van der Waals surface area contributed by atoms with Gasteiger partial charge in [0.25, 0.3) is 0 Å². The number of fused-ring (bicyclic) bond motifs is 1. The Labute approximate surface area is 110 Å². The number of aryl methyl sites for hydroxylation is 2. The van der Waals surface area contributed by atoms with Gasteiger partial charge in [-0.25, -0.2) is 9.78 Å². The SMILES string of the molecule is Cc1cc(C)c2c(c1)COOC(C)(C)CCC2C. The molecule has 0 saturated carbocycles. The molecule has 1 aromatic carbocycles. The van der Waals surface area contributed by atoms with E-state index >= 15 is 0 Å². The second-order valence-electron chi connectivity index (χ2n) is 6.20. The van der Waals surface area contributed by atoms with E-state index in [-0.39, 0.29) is 5.60 Å². The highest BCUT2D eigenvalue weighted by atomic mass is 17.2. The van der Waals surface area contributed by atoms with Crippen molar-refractivity contribution in [3.8, 4) is 0 Å². The molecule has 100 valence electrons. The lowest BCUT2D eigenvalue weighted by atomic mass is 9.85. The molecule has 1 aliphatic rings. The van der Waals surface area contributed by atoms with Crippen LogP contribution in [0.25, 0.3) is 0 Å². The average molecular weight is 248 g/mol. The Morgan fingerprint density at radius 1 is 1.22 bits per heavy atom. The van der Waals surface area contributed by atoms with Crippen LogP contribution in [-0.2, 0) is 16.4 Å². The molecule has 0 amide bonds. The fraction of sp³-hybridized carbons (Fsp3) is 0.625. The van der Waals surface area contributed by atoms with Gasteiger partial charge < -0.3 is 0 Å². The molecule has 0 aliphatic carbocycles. The molecule has 0 bridgehead atoms. The van der Waals surface area contributed by atoms with E-state index in [1.807, 2.05) is 0 Å². The third-order valence-corrected chi connectivity index (χ3v) is 3.79. The van der Waals surface area contributed by atoms with E-state index < -0.39 is 0 Å². The van der Waals surface area contributed by atoms with Gasteiger partial charge in [0.1, 0.15) is 6.61 Å². The summed E-state index contributed by atoms with van der Waals surface area (Å²) < 4.78 is 0. The van der Waals surface area contributed by atoms with Crippen molar-refractivity contribution in [2.75, 3.05) is 0 Å². The molecule has 0 spiro atoms. The van der Waals surface area contributed by atoms with Crippen molar-refractivity contribution in [2.45, 2.75) is 65.6 Å². The van der Waals surface area contributed by atoms with Crippen LogP contribution < -0.4 is 0 Å². The summed E-state index contributed by atoms with van der Waals surface area (Å²) in [5, 5.41) is 0. The molecule has 1 heterocycles. The fourth-order valence-corrected chi connectivity index (χ4v) is 2.89. The van der Waals surface area contributed by atoms with Gasteiger partial charge in [0, 0.05) is 0 Å². The Kier molecular flexibility index (Phi) is 3.79. The predicted molar refractivity (Wildman–Crippen MR) is 73.5 cm³/mol. The van der Waals surface area contributed by atoms with Crippen LogP contribution in [0.15, 0.2) is 12.1 Å². The first-order valence-corrected chi connectivity index (χ1v) is 6.80. The quantitative estimate of drug-likeness (QED) is 0.632. The molecule has 1 aromatic rings. The number of benzene rings is 1. The minimum atomic E-state index is -0.195. The smallest absolute Gasteiger partial charge is 0.108 e. The highest BCUT2D eigenvalue weighted by molar-refractivity contribution is 5.40. The molecule has 0 N–H and O–H groups in total. The third-order valence-electron chi connectivity index (χ3n) is 3.79. The van der Waals surface area contributed by atoms with Crippen molar-refractivity contribution >= 4 is 0 Å². The molecule has 0 aromatic heterocycles. The zero-order valence-electron chi connectivity index (χ0n) is 12.2. The summed E-state index contributed by atoms with van der Waals surface area (Å²) >= 11 is 0. The topological polar surface area (TPSA) is 18.5 Å². The lowest BCUT2D eigenvalue weighted by Crippen LogP contribution is -2.24. The largest absolute Gasteiger partial charge is 0.231 e. The van der Waals surface area contributed by atoms with E-state index in [4.69, 9.17) is 9.78 Å². The van der Waals surface area contributed by atoms with Crippen molar-refractivity contribution in [2.24, 2.45) is 0 Å². The summed E-state index contributed by atoms with van der Waals surface area (Å²) in [6.45, 7) is 11.4. The van der Waals surface area contributed by atoms with E-state index in [2.05, 4.69) is 46.8 Å². The molecule has 1 atom stereocenters. The lowest BCUT2D eigenvalue weighted by Gasteiger charge is -2.23. The van der Waals surface area contributed by atoms with Gasteiger partial charge in [-0.3, -0.25) is 0 Å². The standard InChI is InChI=1S/C16H24O2/c1-11-8-13(3)15-12(2)6-7-16(4,5)18-17-10-14(15)9-11/h8-9,12H,6-7,10H2,1-5H3. The van der Waals surface area contributed by atoms with Gasteiger partial charge >= 0.3 is 0 Å². The molecule has 2 rings (SSSR count). The number of hydrogen-bond donors (Lipinski definition) is 0. The molecule has 0 saturated heterocycles. The Bertz CT molecular complexity index is 435. The van der Waals surface area contributed by atoms with Crippen LogP contribution in [0.4, 0.5) is 0 Å². The monoisotopic (exact) mass is 248 g/mol. The molecule has 1 unspecified atom stereocenters. The van der Waals surface area contributed by atoms with Crippen LogP contribution in [0.2, 0.25) is 0 Å². The van der Waals surface area contributed by atoms with Crippen LogP contribution in [0.1, 0.15) is 61.8 Å². The molecule has 2 heteroatoms. The van der Waals surface area contributed by atoms with Crippen molar-refractivity contribution in [1.29, 1.82) is 0 Å². The number of hydrogen-bond acceptors (Lipinski definition) is 2. The maximum atomic E-state index is 5.54. The summed E-state index contributed by atoms with van der Waals surface area (Å²) in [7, 11) is 0. The molecule has 1 aliphatic heterocycles. The maximum absolute atomic E-state index is 5.54. The maximum Gasteiger partial charge on any atom is 0.108 e. The Morgan fingerprint density at radius 3 is 2.67 bits per heavy atom. The Hall–Kier alpha value is -0.860. The van der Waals surface area contributed by atoms with Gasteiger partial charge in [-0.1, -0.05) is 24.6 Å². The van der Waals surface area contributed by atoms with E-state index in [1.165, 1.54) is 22.3 Å². The first-order valence-electron chi connectivity index (χ1n) is 6.80. The zero-order chi connectivity index (χ0) is 13.3. The van der Waals surface area contributed by atoms with E-state index in [0.29, 0.717) is 12.5 Å². The summed E-state index contributed by atoms with van der Waals surface area (Å²) in [5.74, 6) is 0.560. The minimum Gasteiger partial charge on any atom is -0.231 e. The first-order chi connectivity index (χ1) is 8.39. The summed E-state index contributed by atoms with van der Waals surface area (Å²) in [4.78, 5) is 11.0. The summed E-state index contributed by atoms with van der Waals surface area (Å²) in [5.41, 5.74) is 5.19. The predicted octanol–water partition coefficient (Wildman–Crippen LogP) is 4.43. The summed E-state index contributed by atoms with van der Waals surface area (Å²) in [6.07, 6.45) is 2.15. The van der Waals surface area contributed by atoms with Gasteiger partial charge in [0.15, 0.2) is 0 Å². The molecule has 18 heavy (non-hydrogen) atoms. The van der Waals surface area contributed by atoms with E-state index in [0.717, 1.165) is 12.8 Å². The van der Waals surface area contributed by atoms with Gasteiger partial charge in [-0.15, -0.1) is 0 Å². The van der Waals surface area contributed by atoms with E-state index in [9.17, 15) is 0 Å². The van der Waals surface area contributed by atoms with Crippen LogP contribution in [0.3, 0.4) is 0 Å². The summed E-state index contributed by atoms with van der Waals surface area (Å²) in [6, 6.07) is 4.49. The van der Waals surface area contributed by atoms with Crippen molar-refractivity contribution in [1.82, 2.24) is 0 Å². The second kappa shape index (κ2) is 5.02. The van der Waals surface area contributed by atoms with Crippen LogP contribution >= 0.6 is 0 Å². The number of rotatable bonds is 0. The van der Waals surface area contributed by atoms with Gasteiger partial charge in [0.2, 0.25) is 0 Å². The fourth-order valence-electron chi connectivity index (χ4n) is 2.89. The molecule has 0 fully saturated rings. The van der Waals surface area contributed by atoms with Gasteiger partial charge in [0.05, 0.1) is 5.60 Å². The van der Waals surface area contributed by atoms with Crippen molar-refractivity contribution < 1.29 is 9.78 Å². The Morgan fingerprint density at radius 2 is 1.94 bits per heavy atom. The second-order valence-corrected chi connectivity index (χ2v) is 6.20.